The summed E-state index contributed by atoms with van der Waals surface area (Å²) in [5, 5.41) is 4.48. The summed E-state index contributed by atoms with van der Waals surface area (Å²) in [7, 11) is -1.72. The predicted octanol–water partition coefficient (Wildman–Crippen LogP) is 2.46. The first-order valence-electron chi connectivity index (χ1n) is 7.93. The van der Waals surface area contributed by atoms with Gasteiger partial charge in [-0.25, -0.2) is 8.42 Å². The van der Waals surface area contributed by atoms with E-state index in [2.05, 4.69) is 12.0 Å². The quantitative estimate of drug-likeness (QED) is 0.858. The molecule has 1 heterocycles. The Morgan fingerprint density at radius 3 is 2.10 bits per heavy atom. The first-order valence-corrected chi connectivity index (χ1v) is 9.37. The molecule has 118 valence electrons. The van der Waals surface area contributed by atoms with Gasteiger partial charge in [0, 0.05) is 24.7 Å². The lowest BCUT2D eigenvalue weighted by molar-refractivity contribution is 0.215. The Morgan fingerprint density at radius 1 is 1.14 bits per heavy atom. The summed E-state index contributed by atoms with van der Waals surface area (Å²) in [5.74, 6) is 0.725. The molecule has 2 aliphatic carbocycles. The zero-order chi connectivity index (χ0) is 15.2. The summed E-state index contributed by atoms with van der Waals surface area (Å²) < 4.78 is 29.7. The number of rotatable bonds is 4. The van der Waals surface area contributed by atoms with Crippen LogP contribution in [0.4, 0.5) is 0 Å². The van der Waals surface area contributed by atoms with Crippen molar-refractivity contribution in [2.75, 3.05) is 0 Å². The van der Waals surface area contributed by atoms with E-state index < -0.39 is 10.0 Å². The molecular formula is C15H25N3O2S. The van der Waals surface area contributed by atoms with Gasteiger partial charge in [-0.3, -0.25) is 4.68 Å². The van der Waals surface area contributed by atoms with Crippen molar-refractivity contribution in [3.05, 3.63) is 11.8 Å². The minimum Gasteiger partial charge on any atom is -0.256 e. The smallest absolute Gasteiger partial charge is 0.256 e. The van der Waals surface area contributed by atoms with E-state index >= 15 is 0 Å². The maximum atomic E-state index is 13.2. The van der Waals surface area contributed by atoms with E-state index in [9.17, 15) is 8.42 Å². The fourth-order valence-electron chi connectivity index (χ4n) is 3.52. The van der Waals surface area contributed by atoms with Crippen LogP contribution < -0.4 is 0 Å². The van der Waals surface area contributed by atoms with Gasteiger partial charge in [0.15, 0.2) is 5.03 Å². The van der Waals surface area contributed by atoms with Crippen molar-refractivity contribution in [3.8, 4) is 0 Å². The number of sulfonamides is 1. The lowest BCUT2D eigenvalue weighted by Crippen LogP contribution is -2.44. The Balaban J connectivity index is 1.94. The third-order valence-corrected chi connectivity index (χ3v) is 7.06. The first kappa shape index (κ1) is 15.0. The highest BCUT2D eigenvalue weighted by atomic mass is 32.2. The van der Waals surface area contributed by atoms with E-state index in [1.165, 1.54) is 4.68 Å². The number of nitrogens with zero attached hydrogens (tertiary/aromatic N) is 3. The van der Waals surface area contributed by atoms with Gasteiger partial charge in [0.05, 0.1) is 6.20 Å². The molecule has 0 spiro atoms. The lowest BCUT2D eigenvalue weighted by Gasteiger charge is -2.35. The van der Waals surface area contributed by atoms with Crippen LogP contribution >= 0.6 is 0 Å². The average Bonchev–Trinajstić information content (AvgIpc) is 3.17. The van der Waals surface area contributed by atoms with Crippen LogP contribution in [0, 0.1) is 12.8 Å². The molecule has 0 aliphatic heterocycles. The molecule has 0 unspecified atom stereocenters. The highest BCUT2D eigenvalue weighted by Gasteiger charge is 2.44. The predicted molar refractivity (Wildman–Crippen MR) is 81.4 cm³/mol. The van der Waals surface area contributed by atoms with Crippen LogP contribution in [0.1, 0.15) is 51.0 Å². The van der Waals surface area contributed by atoms with Crippen molar-refractivity contribution in [1.82, 2.24) is 14.1 Å². The summed E-state index contributed by atoms with van der Waals surface area (Å²) in [4.78, 5) is 0. The van der Waals surface area contributed by atoms with E-state index in [4.69, 9.17) is 0 Å². The second-order valence-electron chi connectivity index (χ2n) is 6.74. The van der Waals surface area contributed by atoms with Gasteiger partial charge in [0.2, 0.25) is 0 Å². The summed E-state index contributed by atoms with van der Waals surface area (Å²) >= 11 is 0. The summed E-state index contributed by atoms with van der Waals surface area (Å²) in [5.41, 5.74) is 0.743. The second-order valence-corrected chi connectivity index (χ2v) is 8.49. The molecule has 0 radical (unpaired) electrons. The third kappa shape index (κ3) is 2.75. The van der Waals surface area contributed by atoms with Gasteiger partial charge >= 0.3 is 0 Å². The highest BCUT2D eigenvalue weighted by molar-refractivity contribution is 7.89. The number of aromatic nitrogens is 2. The molecular weight excluding hydrogens is 286 g/mol. The van der Waals surface area contributed by atoms with Crippen LogP contribution in [0.25, 0.3) is 0 Å². The van der Waals surface area contributed by atoms with Crippen LogP contribution in [0.15, 0.2) is 11.2 Å². The minimum atomic E-state index is -3.44. The second kappa shape index (κ2) is 5.39. The van der Waals surface area contributed by atoms with Gasteiger partial charge in [0.1, 0.15) is 0 Å². The molecule has 3 rings (SSSR count). The van der Waals surface area contributed by atoms with Crippen LogP contribution in [-0.2, 0) is 17.1 Å². The van der Waals surface area contributed by atoms with Gasteiger partial charge in [-0.15, -0.1) is 0 Å². The molecule has 6 heteroatoms. The van der Waals surface area contributed by atoms with Gasteiger partial charge in [-0.05, 0) is 51.4 Å². The fourth-order valence-corrected chi connectivity index (χ4v) is 5.77. The van der Waals surface area contributed by atoms with Crippen LogP contribution in [0.2, 0.25) is 0 Å². The Bertz CT molecular complexity index is 591. The molecule has 5 nitrogen and oxygen atoms in total. The maximum absolute atomic E-state index is 13.2. The van der Waals surface area contributed by atoms with E-state index in [0.29, 0.717) is 5.03 Å². The molecule has 0 bridgehead atoms. The number of hydrogen-bond donors (Lipinski definition) is 0. The van der Waals surface area contributed by atoms with Crippen molar-refractivity contribution < 1.29 is 8.42 Å². The standard InChI is InChI=1S/C15H25N3O2S/c1-11-4-6-13(7-5-11)18(14-8-9-14)21(19,20)15-12(2)10-16-17(15)3/h10-11,13-14H,4-9H2,1-3H3. The largest absolute Gasteiger partial charge is 0.260 e. The monoisotopic (exact) mass is 311 g/mol. The average molecular weight is 311 g/mol. The lowest BCUT2D eigenvalue weighted by atomic mass is 9.87. The zero-order valence-electron chi connectivity index (χ0n) is 13.1. The highest BCUT2D eigenvalue weighted by Crippen LogP contribution is 2.39. The molecule has 0 atom stereocenters. The third-order valence-electron chi connectivity index (χ3n) is 4.83. The van der Waals surface area contributed by atoms with Crippen molar-refractivity contribution >= 4 is 10.0 Å². The molecule has 2 fully saturated rings. The molecule has 2 aliphatic rings. The summed E-state index contributed by atoms with van der Waals surface area (Å²) in [6, 6.07) is 0.385. The van der Waals surface area contributed by atoms with Crippen molar-refractivity contribution in [2.24, 2.45) is 13.0 Å². The van der Waals surface area contributed by atoms with Crippen molar-refractivity contribution in [2.45, 2.75) is 69.5 Å². The Kier molecular flexibility index (Phi) is 3.86. The van der Waals surface area contributed by atoms with Gasteiger partial charge in [0.25, 0.3) is 10.0 Å². The molecule has 0 amide bonds. The Morgan fingerprint density at radius 2 is 1.67 bits per heavy atom. The van der Waals surface area contributed by atoms with E-state index in [1.54, 1.807) is 13.2 Å². The molecule has 1 aromatic rings. The fraction of sp³-hybridized carbons (Fsp3) is 0.800. The van der Waals surface area contributed by atoms with Crippen LogP contribution in [-0.4, -0.2) is 34.6 Å². The minimum absolute atomic E-state index is 0.174. The van der Waals surface area contributed by atoms with Gasteiger partial charge in [-0.2, -0.15) is 9.40 Å². The van der Waals surface area contributed by atoms with Crippen LogP contribution in [0.3, 0.4) is 0 Å². The van der Waals surface area contributed by atoms with Gasteiger partial charge < -0.3 is 0 Å². The van der Waals surface area contributed by atoms with E-state index in [1.807, 2.05) is 11.2 Å². The van der Waals surface area contributed by atoms with E-state index in [-0.39, 0.29) is 12.1 Å². The SMILES string of the molecule is Cc1cnn(C)c1S(=O)(=O)N(C1CCC(C)CC1)C1CC1. The molecule has 0 saturated heterocycles. The number of hydrogen-bond acceptors (Lipinski definition) is 3. The Hall–Kier alpha value is -0.880. The first-order chi connectivity index (χ1) is 9.91. The maximum Gasteiger partial charge on any atom is 0.260 e. The van der Waals surface area contributed by atoms with Crippen molar-refractivity contribution in [1.29, 1.82) is 0 Å². The zero-order valence-corrected chi connectivity index (χ0v) is 13.9. The molecule has 1 aromatic heterocycles. The number of aryl methyl sites for hydroxylation is 2. The van der Waals surface area contributed by atoms with Crippen LogP contribution in [0.5, 0.6) is 0 Å². The molecule has 21 heavy (non-hydrogen) atoms. The Labute approximate surface area is 127 Å². The normalized spacial score (nSPS) is 27.2. The topological polar surface area (TPSA) is 55.2 Å². The van der Waals surface area contributed by atoms with E-state index in [0.717, 1.165) is 50.0 Å². The summed E-state index contributed by atoms with van der Waals surface area (Å²) in [6.45, 7) is 4.09. The van der Waals surface area contributed by atoms with Crippen molar-refractivity contribution in [3.63, 3.8) is 0 Å². The molecule has 2 saturated carbocycles. The molecule has 0 N–H and O–H groups in total. The van der Waals surface area contributed by atoms with Gasteiger partial charge in [-0.1, -0.05) is 6.92 Å². The summed E-state index contributed by atoms with van der Waals surface area (Å²) in [6.07, 6.45) is 7.90. The molecule has 0 aromatic carbocycles.